The Kier molecular flexibility index (Phi) is 5.30. The number of ketones is 1. The van der Waals surface area contributed by atoms with Crippen LogP contribution in [0.15, 0.2) is 54.6 Å². The summed E-state index contributed by atoms with van der Waals surface area (Å²) in [5.74, 6) is 2.57. The van der Waals surface area contributed by atoms with E-state index in [0.29, 0.717) is 19.6 Å². The third-order valence-electron chi connectivity index (χ3n) is 9.41. The number of rotatable bonds is 8. The van der Waals surface area contributed by atoms with Crippen molar-refractivity contribution in [1.82, 2.24) is 4.90 Å². The first-order chi connectivity index (χ1) is 17.7. The summed E-state index contributed by atoms with van der Waals surface area (Å²) < 4.78 is 20.0. The Morgan fingerprint density at radius 2 is 2.00 bits per heavy atom. The van der Waals surface area contributed by atoms with Gasteiger partial charge >= 0.3 is 0 Å². The molecule has 0 unspecified atom stereocenters. The maximum atomic E-state index is 13.5. The number of nitrogens with zero attached hydrogens (tertiary/aromatic N) is 1. The third-order valence-corrected chi connectivity index (χ3v) is 9.41. The van der Waals surface area contributed by atoms with E-state index in [2.05, 4.69) is 41.3 Å². The molecule has 2 heterocycles. The molecule has 0 N–H and O–H groups in total. The van der Waals surface area contributed by atoms with Gasteiger partial charge in [0.1, 0.15) is 6.61 Å². The van der Waals surface area contributed by atoms with E-state index in [-0.39, 0.29) is 11.8 Å². The van der Waals surface area contributed by atoms with Crippen molar-refractivity contribution in [2.45, 2.75) is 75.2 Å². The quantitative estimate of drug-likeness (QED) is 0.493. The van der Waals surface area contributed by atoms with Crippen LogP contribution in [-0.2, 0) is 28.0 Å². The normalized spacial score (nSPS) is 32.4. The largest absolute Gasteiger partial charge is 0.485 e. The number of likely N-dealkylation sites (tertiary alicyclic amines) is 1. The molecule has 5 aliphatic rings. The minimum Gasteiger partial charge on any atom is -0.485 e. The molecule has 3 aliphatic carbocycles. The zero-order valence-corrected chi connectivity index (χ0v) is 21.1. The van der Waals surface area contributed by atoms with Crippen LogP contribution in [0.4, 0.5) is 0 Å². The highest BCUT2D eigenvalue weighted by Crippen LogP contribution is 2.66. The van der Waals surface area contributed by atoms with Crippen LogP contribution in [0.1, 0.15) is 55.7 Å². The van der Waals surface area contributed by atoms with Gasteiger partial charge in [-0.15, -0.1) is 0 Å². The molecule has 0 radical (unpaired) electrons. The number of carbonyl (C=O) groups is 1. The van der Waals surface area contributed by atoms with E-state index in [1.54, 1.807) is 0 Å². The van der Waals surface area contributed by atoms with E-state index < -0.39 is 17.1 Å². The molecule has 3 fully saturated rings. The van der Waals surface area contributed by atoms with Gasteiger partial charge in [-0.3, -0.25) is 9.69 Å². The van der Waals surface area contributed by atoms with E-state index in [9.17, 15) is 4.79 Å². The summed E-state index contributed by atoms with van der Waals surface area (Å²) in [5.41, 5.74) is 2.77. The fourth-order valence-electron chi connectivity index (χ4n) is 7.66. The summed E-state index contributed by atoms with van der Waals surface area (Å²) in [6.45, 7) is 5.23. The zero-order chi connectivity index (χ0) is 24.3. The van der Waals surface area contributed by atoms with Gasteiger partial charge in [-0.1, -0.05) is 48.6 Å². The standard InChI is InChI=1S/C31H35NO4/c1-2-3-17-35-31-14-13-24(33)29-30(31)15-16-32(19-21-9-10-21)26(31)18-23-11-12-25(28(36-29)27(23)30)34-20-22-7-5-4-6-8-22/h2-8,11-12,21,26,29H,9-10,13-20H2,1H3/t26-,29+,30+,31-/m1/s1. The van der Waals surface area contributed by atoms with Crippen LogP contribution in [0.3, 0.4) is 0 Å². The Morgan fingerprint density at radius 3 is 2.81 bits per heavy atom. The summed E-state index contributed by atoms with van der Waals surface area (Å²) in [7, 11) is 0. The van der Waals surface area contributed by atoms with Crippen molar-refractivity contribution < 1.29 is 19.0 Å². The molecule has 2 bridgehead atoms. The van der Waals surface area contributed by atoms with Crippen molar-refractivity contribution in [2.24, 2.45) is 5.92 Å². The second-order valence-corrected chi connectivity index (χ2v) is 11.3. The first-order valence-corrected chi connectivity index (χ1v) is 13.7. The second-order valence-electron chi connectivity index (χ2n) is 11.3. The Balaban J connectivity index is 1.34. The third kappa shape index (κ3) is 3.18. The topological polar surface area (TPSA) is 48.0 Å². The van der Waals surface area contributed by atoms with E-state index >= 15 is 0 Å². The van der Waals surface area contributed by atoms with Gasteiger partial charge in [0, 0.05) is 24.6 Å². The molecule has 5 nitrogen and oxygen atoms in total. The van der Waals surface area contributed by atoms with Gasteiger partial charge in [0.05, 0.1) is 17.6 Å². The van der Waals surface area contributed by atoms with Crippen molar-refractivity contribution in [2.75, 3.05) is 19.7 Å². The maximum Gasteiger partial charge on any atom is 0.174 e. The number of piperidine rings is 1. The molecule has 2 aliphatic heterocycles. The number of ether oxygens (including phenoxy) is 3. The van der Waals surface area contributed by atoms with Crippen molar-refractivity contribution in [1.29, 1.82) is 0 Å². The van der Waals surface area contributed by atoms with Crippen LogP contribution in [-0.4, -0.2) is 48.1 Å². The van der Waals surface area contributed by atoms with Gasteiger partial charge in [0.25, 0.3) is 0 Å². The van der Waals surface area contributed by atoms with Gasteiger partial charge in [0.2, 0.25) is 0 Å². The molecule has 4 atom stereocenters. The highest BCUT2D eigenvalue weighted by Gasteiger charge is 2.74. The summed E-state index contributed by atoms with van der Waals surface area (Å²) in [6, 6.07) is 14.8. The number of Topliss-reactive ketones (excluding diaryl/α,β-unsaturated/α-hetero) is 1. The maximum absolute atomic E-state index is 13.5. The number of hydrogen-bond acceptors (Lipinski definition) is 5. The van der Waals surface area contributed by atoms with Crippen molar-refractivity contribution in [3.05, 3.63) is 71.3 Å². The number of hydrogen-bond donors (Lipinski definition) is 0. The second kappa shape index (κ2) is 8.46. The molecule has 7 rings (SSSR count). The monoisotopic (exact) mass is 485 g/mol. The minimum absolute atomic E-state index is 0.215. The van der Waals surface area contributed by atoms with Crippen LogP contribution in [0.2, 0.25) is 0 Å². The zero-order valence-electron chi connectivity index (χ0n) is 21.1. The molecule has 2 saturated carbocycles. The Labute approximate surface area is 213 Å². The smallest absolute Gasteiger partial charge is 0.174 e. The summed E-state index contributed by atoms with van der Waals surface area (Å²) in [6.07, 6.45) is 9.46. The lowest BCUT2D eigenvalue weighted by atomic mass is 9.48. The SMILES string of the molecule is CC=CCO[C@@]12CCC(=O)[C@@H]3Oc4c(OCc5ccccc5)ccc5c4[C@@]31CCN(CC1CC1)[C@@H]2C5. The van der Waals surface area contributed by atoms with Gasteiger partial charge in [-0.25, -0.2) is 0 Å². The van der Waals surface area contributed by atoms with Crippen LogP contribution >= 0.6 is 0 Å². The van der Waals surface area contributed by atoms with E-state index in [1.807, 2.05) is 25.1 Å². The average Bonchev–Trinajstić information content (AvgIpc) is 3.64. The van der Waals surface area contributed by atoms with Gasteiger partial charge in [0.15, 0.2) is 23.4 Å². The summed E-state index contributed by atoms with van der Waals surface area (Å²) in [5, 5.41) is 0. The lowest BCUT2D eigenvalue weighted by Gasteiger charge is -2.64. The Hall–Kier alpha value is -2.63. The minimum atomic E-state index is -0.488. The number of carbonyl (C=O) groups excluding carboxylic acids is 1. The molecule has 1 saturated heterocycles. The first kappa shape index (κ1) is 22.6. The van der Waals surface area contributed by atoms with Crippen LogP contribution in [0.25, 0.3) is 0 Å². The van der Waals surface area contributed by atoms with E-state index in [1.165, 1.54) is 24.0 Å². The van der Waals surface area contributed by atoms with Crippen molar-refractivity contribution in [3.63, 3.8) is 0 Å². The predicted octanol–water partition coefficient (Wildman–Crippen LogP) is 5.00. The van der Waals surface area contributed by atoms with E-state index in [4.69, 9.17) is 14.2 Å². The lowest BCUT2D eigenvalue weighted by Crippen LogP contribution is -2.77. The highest BCUT2D eigenvalue weighted by molar-refractivity contribution is 5.90. The fourth-order valence-corrected chi connectivity index (χ4v) is 7.66. The van der Waals surface area contributed by atoms with Gasteiger partial charge < -0.3 is 14.2 Å². The van der Waals surface area contributed by atoms with Crippen molar-refractivity contribution in [3.8, 4) is 11.5 Å². The molecular formula is C31H35NO4. The van der Waals surface area contributed by atoms with E-state index in [0.717, 1.165) is 55.3 Å². The number of allylic oxidation sites excluding steroid dienone is 1. The molecule has 5 heteroatoms. The van der Waals surface area contributed by atoms with Gasteiger partial charge in [-0.05, 0) is 68.7 Å². The molecule has 2 aromatic rings. The highest BCUT2D eigenvalue weighted by atomic mass is 16.5. The molecule has 36 heavy (non-hydrogen) atoms. The lowest BCUT2D eigenvalue weighted by molar-refractivity contribution is -0.209. The Bertz CT molecular complexity index is 1200. The predicted molar refractivity (Wildman–Crippen MR) is 137 cm³/mol. The van der Waals surface area contributed by atoms with Crippen LogP contribution in [0, 0.1) is 5.92 Å². The fraction of sp³-hybridized carbons (Fsp3) is 0.516. The van der Waals surface area contributed by atoms with Gasteiger partial charge in [-0.2, -0.15) is 0 Å². The molecule has 0 amide bonds. The van der Waals surface area contributed by atoms with Crippen LogP contribution < -0.4 is 9.47 Å². The first-order valence-electron chi connectivity index (χ1n) is 13.7. The summed E-state index contributed by atoms with van der Waals surface area (Å²) >= 11 is 0. The molecular weight excluding hydrogens is 450 g/mol. The molecule has 2 aromatic carbocycles. The molecule has 1 spiro atoms. The molecule has 188 valence electrons. The summed E-state index contributed by atoms with van der Waals surface area (Å²) in [4.78, 5) is 16.2. The van der Waals surface area contributed by atoms with Crippen molar-refractivity contribution >= 4 is 5.78 Å². The van der Waals surface area contributed by atoms with Crippen LogP contribution in [0.5, 0.6) is 11.5 Å². The molecule has 0 aromatic heterocycles. The Morgan fingerprint density at radius 1 is 1.14 bits per heavy atom. The average molecular weight is 486 g/mol. The number of benzene rings is 2.